The zero-order chi connectivity index (χ0) is 27.4. The minimum Gasteiger partial charge on any atom is -0.458 e. The van der Waals surface area contributed by atoms with Crippen molar-refractivity contribution < 1.29 is 9.47 Å². The van der Waals surface area contributed by atoms with Gasteiger partial charge in [-0.2, -0.15) is 0 Å². The van der Waals surface area contributed by atoms with Crippen molar-refractivity contribution in [3.63, 3.8) is 0 Å². The second-order valence-electron chi connectivity index (χ2n) is 11.3. The Kier molecular flexibility index (Phi) is 4.32. The molecule has 42 heavy (non-hydrogen) atoms. The predicted molar refractivity (Wildman–Crippen MR) is 172 cm³/mol. The summed E-state index contributed by atoms with van der Waals surface area (Å²) in [4.78, 5) is 4.93. The summed E-state index contributed by atoms with van der Waals surface area (Å²) in [5.74, 6) is 3.49. The lowest BCUT2D eigenvalue weighted by molar-refractivity contribution is 0.465. The van der Waals surface area contributed by atoms with E-state index in [9.17, 15) is 0 Å². The number of hydrogen-bond acceptors (Lipinski definition) is 4. The van der Waals surface area contributed by atoms with Gasteiger partial charge in [0.1, 0.15) is 23.0 Å². The number of fused-ring (bicyclic) bond motifs is 12. The number of benzene rings is 6. The van der Waals surface area contributed by atoms with Crippen LogP contribution in [0.4, 0.5) is 22.7 Å². The fraction of sp³-hybridized carbons (Fsp3) is 0. The van der Waals surface area contributed by atoms with E-state index in [1.807, 2.05) is 12.1 Å². The number of ether oxygens (including phenoxy) is 2. The second kappa shape index (κ2) is 8.11. The minimum atomic E-state index is -0.0544. The van der Waals surface area contributed by atoms with Gasteiger partial charge in [-0.05, 0) is 52.3 Å². The summed E-state index contributed by atoms with van der Waals surface area (Å²) in [6, 6.07) is 47.4. The molecule has 0 bridgehead atoms. The Morgan fingerprint density at radius 3 is 1.60 bits per heavy atom. The summed E-state index contributed by atoms with van der Waals surface area (Å²) in [5, 5.41) is 0. The van der Waals surface area contributed by atoms with Gasteiger partial charge >= 0.3 is 6.98 Å². The Hall–Kier alpha value is -5.35. The lowest BCUT2D eigenvalue weighted by Crippen LogP contribution is -2.58. The molecule has 0 aromatic heterocycles. The molecule has 0 atom stereocenters. The molecule has 6 heteroatoms. The van der Waals surface area contributed by atoms with E-state index in [2.05, 4.69) is 131 Å². The maximum absolute atomic E-state index is 6.67. The van der Waals surface area contributed by atoms with Crippen molar-refractivity contribution >= 4 is 58.3 Å². The van der Waals surface area contributed by atoms with Gasteiger partial charge in [0.25, 0.3) is 6.71 Å². The van der Waals surface area contributed by atoms with Crippen LogP contribution in [0.15, 0.2) is 133 Å². The highest BCUT2D eigenvalue weighted by molar-refractivity contribution is 6.98. The van der Waals surface area contributed by atoms with E-state index in [1.165, 1.54) is 38.9 Å². The number of hydrogen-bond donors (Lipinski definition) is 0. The van der Waals surface area contributed by atoms with Crippen LogP contribution in [0.5, 0.6) is 23.0 Å². The molecule has 0 amide bonds. The van der Waals surface area contributed by atoms with Crippen LogP contribution in [-0.4, -0.2) is 13.7 Å². The van der Waals surface area contributed by atoms with Gasteiger partial charge < -0.3 is 19.1 Å². The van der Waals surface area contributed by atoms with Crippen molar-refractivity contribution in [3.8, 4) is 34.1 Å². The molecule has 194 valence electrons. The van der Waals surface area contributed by atoms with Crippen LogP contribution in [0, 0.1) is 0 Å². The lowest BCUT2D eigenvalue weighted by Gasteiger charge is -2.37. The van der Waals surface area contributed by atoms with E-state index in [0.29, 0.717) is 0 Å². The first kappa shape index (κ1) is 22.4. The summed E-state index contributed by atoms with van der Waals surface area (Å²) in [6.45, 7) is 0.00453. The first-order valence-corrected chi connectivity index (χ1v) is 14.4. The van der Waals surface area contributed by atoms with Crippen LogP contribution in [-0.2, 0) is 0 Å². The normalized spacial score (nSPS) is 14.4. The van der Waals surface area contributed by atoms with E-state index in [1.54, 1.807) is 0 Å². The SMILES string of the molecule is c1ccc2c(c1)Oc1cc(N3B4c5ccccc5-c5ccccc5N4c4ccccc43)cc3c1B2c1ccccc1O3. The average Bonchev–Trinajstić information content (AvgIpc) is 3.40. The van der Waals surface area contributed by atoms with Crippen LogP contribution < -0.4 is 40.9 Å². The number of para-hydroxylation sites is 5. The molecule has 0 radical (unpaired) electrons. The van der Waals surface area contributed by atoms with Gasteiger partial charge in [-0.15, -0.1) is 0 Å². The van der Waals surface area contributed by atoms with Gasteiger partial charge in [0.05, 0.1) is 11.4 Å². The third-order valence-corrected chi connectivity index (χ3v) is 9.14. The second-order valence-corrected chi connectivity index (χ2v) is 11.3. The minimum absolute atomic E-state index is 0.0544. The van der Waals surface area contributed by atoms with Gasteiger partial charge in [0.2, 0.25) is 0 Å². The van der Waals surface area contributed by atoms with Crippen molar-refractivity contribution in [2.24, 2.45) is 0 Å². The highest BCUT2D eigenvalue weighted by Gasteiger charge is 2.48. The first-order chi connectivity index (χ1) is 20.8. The Morgan fingerprint density at radius 1 is 0.429 bits per heavy atom. The third kappa shape index (κ3) is 2.83. The van der Waals surface area contributed by atoms with Crippen LogP contribution in [0.1, 0.15) is 0 Å². The van der Waals surface area contributed by atoms with Gasteiger partial charge in [-0.1, -0.05) is 91.0 Å². The van der Waals surface area contributed by atoms with E-state index in [-0.39, 0.29) is 13.7 Å². The molecular formula is C36H22B2N2O2. The third-order valence-electron chi connectivity index (χ3n) is 9.14. The fourth-order valence-electron chi connectivity index (χ4n) is 7.47. The van der Waals surface area contributed by atoms with E-state index in [4.69, 9.17) is 9.47 Å². The van der Waals surface area contributed by atoms with Crippen molar-refractivity contribution in [2.75, 3.05) is 9.62 Å². The molecule has 0 fully saturated rings. The summed E-state index contributed by atoms with van der Waals surface area (Å²) in [7, 11) is 0. The molecule has 0 aliphatic carbocycles. The summed E-state index contributed by atoms with van der Waals surface area (Å²) < 4.78 is 13.3. The Bertz CT molecular complexity index is 2040. The topological polar surface area (TPSA) is 24.9 Å². The predicted octanol–water partition coefficient (Wildman–Crippen LogP) is 6.08. The standard InChI is InChI=1S/C36H22B2N2O2/c1-3-13-26-24(11-1)25-12-2-6-16-29(25)40-31-18-8-7-17-30(31)39(38(26)40)23-21-34-36-35(22-23)42-33-20-10-5-15-28(33)37(36)27-14-4-9-19-32(27)41-34/h1-22H. The molecule has 4 heterocycles. The molecule has 6 aromatic rings. The molecule has 4 nitrogen and oxygen atoms in total. The Balaban J connectivity index is 1.23. The van der Waals surface area contributed by atoms with Crippen molar-refractivity contribution in [1.29, 1.82) is 0 Å². The van der Waals surface area contributed by atoms with Crippen molar-refractivity contribution in [2.45, 2.75) is 0 Å². The van der Waals surface area contributed by atoms with Gasteiger partial charge in [-0.25, -0.2) is 0 Å². The molecule has 0 unspecified atom stereocenters. The quantitative estimate of drug-likeness (QED) is 0.238. The fourth-order valence-corrected chi connectivity index (χ4v) is 7.47. The zero-order valence-electron chi connectivity index (χ0n) is 22.6. The van der Waals surface area contributed by atoms with Gasteiger partial charge in [-0.3, -0.25) is 0 Å². The van der Waals surface area contributed by atoms with Crippen LogP contribution in [0.2, 0.25) is 0 Å². The highest BCUT2D eigenvalue weighted by Crippen LogP contribution is 2.52. The lowest BCUT2D eigenvalue weighted by atomic mass is 9.35. The molecule has 10 rings (SSSR count). The van der Waals surface area contributed by atoms with Gasteiger partial charge in [0, 0.05) is 34.5 Å². The number of anilines is 4. The van der Waals surface area contributed by atoms with Gasteiger partial charge in [0.15, 0.2) is 0 Å². The average molecular weight is 536 g/mol. The summed E-state index contributed by atoms with van der Waals surface area (Å²) >= 11 is 0. The monoisotopic (exact) mass is 536 g/mol. The molecule has 4 aliphatic rings. The largest absolute Gasteiger partial charge is 0.458 e. The number of nitrogens with zero attached hydrogens (tertiary/aromatic N) is 2. The van der Waals surface area contributed by atoms with E-state index < -0.39 is 0 Å². The highest BCUT2D eigenvalue weighted by atomic mass is 16.5. The van der Waals surface area contributed by atoms with Crippen molar-refractivity contribution in [1.82, 2.24) is 0 Å². The molecule has 0 spiro atoms. The van der Waals surface area contributed by atoms with Crippen molar-refractivity contribution in [3.05, 3.63) is 133 Å². The molecule has 0 saturated carbocycles. The van der Waals surface area contributed by atoms with E-state index >= 15 is 0 Å². The molecule has 4 aliphatic heterocycles. The smallest absolute Gasteiger partial charge is 0.421 e. The molecule has 0 N–H and O–H groups in total. The first-order valence-electron chi connectivity index (χ1n) is 14.4. The zero-order valence-corrected chi connectivity index (χ0v) is 22.6. The summed E-state index contributed by atoms with van der Waals surface area (Å²) in [6.07, 6.45) is 0. The van der Waals surface area contributed by atoms with Crippen LogP contribution in [0.3, 0.4) is 0 Å². The molecule has 0 saturated heterocycles. The maximum atomic E-state index is 6.67. The van der Waals surface area contributed by atoms with E-state index in [0.717, 1.165) is 39.8 Å². The van der Waals surface area contributed by atoms with Crippen LogP contribution >= 0.6 is 0 Å². The summed E-state index contributed by atoms with van der Waals surface area (Å²) in [5.41, 5.74) is 11.8. The maximum Gasteiger partial charge on any atom is 0.421 e. The molecule has 6 aromatic carbocycles. The van der Waals surface area contributed by atoms with Crippen LogP contribution in [0.25, 0.3) is 11.1 Å². The number of rotatable bonds is 1. The molecular weight excluding hydrogens is 514 g/mol. The Labute approximate surface area is 244 Å². The Morgan fingerprint density at radius 2 is 0.929 bits per heavy atom.